The van der Waals surface area contributed by atoms with Gasteiger partial charge in [0.25, 0.3) is 0 Å². The van der Waals surface area contributed by atoms with Crippen LogP contribution in [-0.2, 0) is 17.9 Å². The maximum atomic E-state index is 5.11. The van der Waals surface area contributed by atoms with Gasteiger partial charge in [-0.25, -0.2) is 0 Å². The highest BCUT2D eigenvalue weighted by Crippen LogP contribution is 2.28. The van der Waals surface area contributed by atoms with E-state index in [1.165, 1.54) is 49.7 Å². The van der Waals surface area contributed by atoms with Crippen LogP contribution >= 0.6 is 0 Å². The highest BCUT2D eigenvalue weighted by molar-refractivity contribution is 5.21. The topological polar surface area (TPSA) is 21.3 Å². The van der Waals surface area contributed by atoms with Crippen molar-refractivity contribution < 1.29 is 4.74 Å². The van der Waals surface area contributed by atoms with Gasteiger partial charge in [-0.2, -0.15) is 0 Å². The van der Waals surface area contributed by atoms with E-state index in [0.717, 1.165) is 19.0 Å². The van der Waals surface area contributed by atoms with E-state index in [-0.39, 0.29) is 0 Å². The summed E-state index contributed by atoms with van der Waals surface area (Å²) in [6, 6.07) is 8.69. The van der Waals surface area contributed by atoms with Crippen LogP contribution in [0, 0.1) is 5.92 Å². The van der Waals surface area contributed by atoms with E-state index < -0.39 is 0 Å². The number of ether oxygens (including phenoxy) is 1. The molecule has 0 atom stereocenters. The largest absolute Gasteiger partial charge is 0.380 e. The molecule has 1 N–H and O–H groups in total. The van der Waals surface area contributed by atoms with E-state index in [4.69, 9.17) is 4.74 Å². The molecule has 1 aliphatic carbocycles. The Kier molecular flexibility index (Phi) is 6.38. The van der Waals surface area contributed by atoms with E-state index in [2.05, 4.69) is 29.6 Å². The zero-order valence-corrected chi connectivity index (χ0v) is 12.2. The molecule has 1 saturated carbocycles. The highest BCUT2D eigenvalue weighted by atomic mass is 16.5. The van der Waals surface area contributed by atoms with Crippen LogP contribution in [0.3, 0.4) is 0 Å². The molecule has 1 aromatic carbocycles. The smallest absolute Gasteiger partial charge is 0.0713 e. The number of hydrogen-bond acceptors (Lipinski definition) is 2. The quantitative estimate of drug-likeness (QED) is 0.717. The summed E-state index contributed by atoms with van der Waals surface area (Å²) in [5.74, 6) is 1.02. The Balaban J connectivity index is 1.57. The number of benzene rings is 1. The van der Waals surface area contributed by atoms with E-state index in [0.29, 0.717) is 6.61 Å². The van der Waals surface area contributed by atoms with Crippen molar-refractivity contribution in [3.8, 4) is 0 Å². The van der Waals surface area contributed by atoms with Crippen molar-refractivity contribution in [1.29, 1.82) is 0 Å². The van der Waals surface area contributed by atoms with Crippen molar-refractivity contribution in [1.82, 2.24) is 5.32 Å². The van der Waals surface area contributed by atoms with Gasteiger partial charge in [0, 0.05) is 13.7 Å². The van der Waals surface area contributed by atoms with Crippen LogP contribution < -0.4 is 5.32 Å². The monoisotopic (exact) mass is 261 g/mol. The van der Waals surface area contributed by atoms with Gasteiger partial charge in [0.2, 0.25) is 0 Å². The maximum absolute atomic E-state index is 5.11. The third-order valence-corrected chi connectivity index (χ3v) is 4.10. The lowest BCUT2D eigenvalue weighted by atomic mass is 10.0. The summed E-state index contributed by atoms with van der Waals surface area (Å²) in [4.78, 5) is 0. The summed E-state index contributed by atoms with van der Waals surface area (Å²) in [6.45, 7) is 2.84. The minimum absolute atomic E-state index is 0.703. The van der Waals surface area contributed by atoms with Gasteiger partial charge in [-0.05, 0) is 36.4 Å². The second-order valence-electron chi connectivity index (χ2n) is 5.72. The molecule has 0 bridgehead atoms. The van der Waals surface area contributed by atoms with Gasteiger partial charge in [-0.1, -0.05) is 49.9 Å². The van der Waals surface area contributed by atoms with Crippen molar-refractivity contribution in [2.24, 2.45) is 5.92 Å². The summed E-state index contributed by atoms with van der Waals surface area (Å²) in [7, 11) is 1.74. The summed E-state index contributed by atoms with van der Waals surface area (Å²) in [5, 5.41) is 3.55. The van der Waals surface area contributed by atoms with Gasteiger partial charge < -0.3 is 10.1 Å². The van der Waals surface area contributed by atoms with Gasteiger partial charge in [0.1, 0.15) is 0 Å². The Hall–Kier alpha value is -0.860. The normalized spacial score (nSPS) is 16.1. The Bertz CT molecular complexity index is 341. The SMILES string of the molecule is COCc1ccc(CNCCCC2CCCC2)cc1. The molecule has 1 aliphatic rings. The minimum Gasteiger partial charge on any atom is -0.380 e. The molecule has 0 unspecified atom stereocenters. The fourth-order valence-corrected chi connectivity index (χ4v) is 2.97. The Morgan fingerprint density at radius 2 is 1.79 bits per heavy atom. The molecule has 1 fully saturated rings. The number of rotatable bonds is 8. The van der Waals surface area contributed by atoms with E-state index in [1.807, 2.05) is 0 Å². The molecule has 0 amide bonds. The van der Waals surface area contributed by atoms with Crippen molar-refractivity contribution in [3.63, 3.8) is 0 Å². The molecule has 106 valence electrons. The molecule has 1 aromatic rings. The van der Waals surface area contributed by atoms with Crippen LogP contribution in [-0.4, -0.2) is 13.7 Å². The maximum Gasteiger partial charge on any atom is 0.0713 e. The van der Waals surface area contributed by atoms with Crippen molar-refractivity contribution >= 4 is 0 Å². The molecule has 0 radical (unpaired) electrons. The first-order chi connectivity index (χ1) is 9.38. The molecule has 2 heteroatoms. The molecule has 0 aromatic heterocycles. The van der Waals surface area contributed by atoms with Crippen molar-refractivity contribution in [3.05, 3.63) is 35.4 Å². The molecule has 19 heavy (non-hydrogen) atoms. The molecule has 2 rings (SSSR count). The van der Waals surface area contributed by atoms with Crippen LogP contribution in [0.4, 0.5) is 0 Å². The molecule has 0 heterocycles. The summed E-state index contributed by atoms with van der Waals surface area (Å²) in [5.41, 5.74) is 2.60. The van der Waals surface area contributed by atoms with Crippen LogP contribution in [0.15, 0.2) is 24.3 Å². The number of methoxy groups -OCH3 is 1. The first-order valence-corrected chi connectivity index (χ1v) is 7.66. The summed E-state index contributed by atoms with van der Waals surface area (Å²) < 4.78 is 5.11. The third kappa shape index (κ3) is 5.33. The molecule has 0 aliphatic heterocycles. The average Bonchev–Trinajstić information content (AvgIpc) is 2.94. The van der Waals surface area contributed by atoms with Crippen LogP contribution in [0.1, 0.15) is 49.7 Å². The van der Waals surface area contributed by atoms with Crippen LogP contribution in [0.25, 0.3) is 0 Å². The molecule has 0 saturated heterocycles. The van der Waals surface area contributed by atoms with Gasteiger partial charge in [-0.15, -0.1) is 0 Å². The lowest BCUT2D eigenvalue weighted by Crippen LogP contribution is -2.15. The highest BCUT2D eigenvalue weighted by Gasteiger charge is 2.13. The fraction of sp³-hybridized carbons (Fsp3) is 0.647. The zero-order valence-electron chi connectivity index (χ0n) is 12.2. The Morgan fingerprint density at radius 1 is 1.11 bits per heavy atom. The average molecular weight is 261 g/mol. The fourth-order valence-electron chi connectivity index (χ4n) is 2.97. The standard InChI is InChI=1S/C17H27NO/c1-19-14-17-10-8-16(9-11-17)13-18-12-4-7-15-5-2-3-6-15/h8-11,15,18H,2-7,12-14H2,1H3. The summed E-state index contributed by atoms with van der Waals surface area (Å²) in [6.07, 6.45) is 8.62. The zero-order chi connectivity index (χ0) is 13.3. The molecule has 2 nitrogen and oxygen atoms in total. The second-order valence-corrected chi connectivity index (χ2v) is 5.72. The molecular formula is C17H27NO. The van der Waals surface area contributed by atoms with Crippen LogP contribution in [0.2, 0.25) is 0 Å². The number of hydrogen-bond donors (Lipinski definition) is 1. The first kappa shape index (κ1) is 14.5. The molecule has 0 spiro atoms. The molecular weight excluding hydrogens is 234 g/mol. The minimum atomic E-state index is 0.703. The van der Waals surface area contributed by atoms with Crippen LogP contribution in [0.5, 0.6) is 0 Å². The predicted octanol–water partition coefficient (Wildman–Crippen LogP) is 3.89. The first-order valence-electron chi connectivity index (χ1n) is 7.66. The third-order valence-electron chi connectivity index (χ3n) is 4.10. The summed E-state index contributed by atoms with van der Waals surface area (Å²) >= 11 is 0. The van der Waals surface area contributed by atoms with Gasteiger partial charge in [-0.3, -0.25) is 0 Å². The van der Waals surface area contributed by atoms with Crippen molar-refractivity contribution in [2.45, 2.75) is 51.7 Å². The lowest BCUT2D eigenvalue weighted by Gasteiger charge is -2.09. The number of nitrogens with one attached hydrogen (secondary N) is 1. The second kappa shape index (κ2) is 8.34. The Morgan fingerprint density at radius 3 is 2.47 bits per heavy atom. The van der Waals surface area contributed by atoms with Gasteiger partial charge >= 0.3 is 0 Å². The van der Waals surface area contributed by atoms with E-state index in [9.17, 15) is 0 Å². The van der Waals surface area contributed by atoms with Gasteiger partial charge in [0.05, 0.1) is 6.61 Å². The lowest BCUT2D eigenvalue weighted by molar-refractivity contribution is 0.185. The van der Waals surface area contributed by atoms with Crippen molar-refractivity contribution in [2.75, 3.05) is 13.7 Å². The van der Waals surface area contributed by atoms with Gasteiger partial charge in [0.15, 0.2) is 0 Å². The van der Waals surface area contributed by atoms with E-state index >= 15 is 0 Å². The Labute approximate surface area is 117 Å². The van der Waals surface area contributed by atoms with E-state index in [1.54, 1.807) is 7.11 Å². The predicted molar refractivity (Wildman–Crippen MR) is 80.1 cm³/mol.